The van der Waals surface area contributed by atoms with Crippen LogP contribution in [0.1, 0.15) is 44.6 Å². The summed E-state index contributed by atoms with van der Waals surface area (Å²) in [5.74, 6) is 0.139. The van der Waals surface area contributed by atoms with Gasteiger partial charge in [0.2, 0.25) is 0 Å². The Bertz CT molecular complexity index is 1760. The highest BCUT2D eigenvalue weighted by atomic mass is 35.5. The van der Waals surface area contributed by atoms with Gasteiger partial charge in [-0.05, 0) is 73.8 Å². The zero-order valence-corrected chi connectivity index (χ0v) is 28.7. The molecule has 0 radical (unpaired) electrons. The Morgan fingerprint density at radius 1 is 1.02 bits per heavy atom. The Hall–Kier alpha value is -3.90. The molecule has 48 heavy (non-hydrogen) atoms. The number of aromatic nitrogens is 1. The quantitative estimate of drug-likeness (QED) is 0.150. The summed E-state index contributed by atoms with van der Waals surface area (Å²) in [5, 5.41) is 0.779. The number of carbonyl (C=O) groups excluding carboxylic acids is 2. The van der Waals surface area contributed by atoms with Crippen molar-refractivity contribution in [3.63, 3.8) is 0 Å². The molecule has 3 aliphatic rings. The van der Waals surface area contributed by atoms with E-state index in [0.717, 1.165) is 37.3 Å². The highest BCUT2D eigenvalue weighted by Gasteiger charge is 2.38. The summed E-state index contributed by atoms with van der Waals surface area (Å²) < 4.78 is 38.0. The number of rotatable bonds is 11. The third-order valence-electron chi connectivity index (χ3n) is 8.80. The van der Waals surface area contributed by atoms with Crippen molar-refractivity contribution in [2.45, 2.75) is 38.0 Å². The fraction of sp³-hybridized carbons (Fsp3) is 0.343. The number of esters is 1. The summed E-state index contributed by atoms with van der Waals surface area (Å²) in [6, 6.07) is 14.7. The van der Waals surface area contributed by atoms with Gasteiger partial charge in [0, 0.05) is 23.4 Å². The van der Waals surface area contributed by atoms with Gasteiger partial charge in [-0.3, -0.25) is 9.80 Å². The number of benzene rings is 2. The summed E-state index contributed by atoms with van der Waals surface area (Å²) in [5.41, 5.74) is 1.33. The van der Waals surface area contributed by atoms with Crippen LogP contribution in [-0.4, -0.2) is 56.9 Å². The maximum Gasteiger partial charge on any atom is 0.415 e. The van der Waals surface area contributed by atoms with Crippen molar-refractivity contribution in [3.05, 3.63) is 104 Å². The largest absolute Gasteiger partial charge is 0.493 e. The smallest absolute Gasteiger partial charge is 0.415 e. The van der Waals surface area contributed by atoms with Gasteiger partial charge in [-0.25, -0.2) is 19.0 Å². The minimum atomic E-state index is -0.799. The van der Waals surface area contributed by atoms with Crippen LogP contribution in [0.3, 0.4) is 0 Å². The number of fused-ring (bicyclic) bond motifs is 3. The molecule has 252 valence electrons. The van der Waals surface area contributed by atoms with Crippen molar-refractivity contribution in [1.29, 1.82) is 0 Å². The van der Waals surface area contributed by atoms with Crippen LogP contribution in [0, 0.1) is 11.7 Å². The lowest BCUT2D eigenvalue weighted by Gasteiger charge is -2.44. The number of nitrogens with one attached hydrogen (secondary N) is 1. The Balaban J connectivity index is 1.23. The number of piperidine rings is 3. The van der Waals surface area contributed by atoms with Crippen LogP contribution in [0.4, 0.5) is 14.9 Å². The molecule has 2 aromatic carbocycles. The van der Waals surface area contributed by atoms with E-state index >= 15 is 4.39 Å². The van der Waals surface area contributed by atoms with E-state index in [1.165, 1.54) is 25.2 Å². The van der Waals surface area contributed by atoms with Crippen molar-refractivity contribution < 1.29 is 37.9 Å². The summed E-state index contributed by atoms with van der Waals surface area (Å²) in [4.78, 5) is 34.7. The van der Waals surface area contributed by atoms with Crippen molar-refractivity contribution in [2.24, 2.45) is 5.92 Å². The molecular weight excluding hydrogens is 680 g/mol. The predicted octanol–water partition coefficient (Wildman–Crippen LogP) is 7.40. The average Bonchev–Trinajstić information content (AvgIpc) is 3.58. The highest BCUT2D eigenvalue weighted by Crippen LogP contribution is 2.36. The normalized spacial score (nSPS) is 19.0. The first kappa shape index (κ1) is 34.0. The number of amides is 1. The number of ether oxygens (including phenoxy) is 4. The van der Waals surface area contributed by atoms with E-state index < -0.39 is 24.0 Å². The van der Waals surface area contributed by atoms with Crippen LogP contribution >= 0.6 is 34.5 Å². The van der Waals surface area contributed by atoms with Gasteiger partial charge in [0.05, 0.1) is 26.5 Å². The standard InChI is InChI=1S/C35H34Cl2FN3O6S/c1-44-29-9-7-22(15-31(29)45-2)30(16-24-25(36)17-39-18-26(24)37)46-34(42)33-10-8-23(48-33)19-41(28-6-4-3-5-27(28)38)35(43)47-32-20-40-13-11-21(32)12-14-40/h3-10,15,17-18,21,30,32H,11-14,16,19-20H2,1-2H3/p+1/t30-,32+/m0/s1. The number of carbonyl (C=O) groups is 2. The fourth-order valence-electron chi connectivity index (χ4n) is 6.21. The minimum absolute atomic E-state index is 0.00362. The van der Waals surface area contributed by atoms with Crippen molar-refractivity contribution in [2.75, 3.05) is 38.8 Å². The number of para-hydroxylation sites is 1. The Morgan fingerprint density at radius 3 is 2.42 bits per heavy atom. The van der Waals surface area contributed by atoms with Gasteiger partial charge in [0.25, 0.3) is 0 Å². The zero-order valence-electron chi connectivity index (χ0n) is 26.4. The van der Waals surface area contributed by atoms with Crippen LogP contribution < -0.4 is 19.4 Å². The number of pyridine rings is 1. The molecule has 9 nitrogen and oxygen atoms in total. The lowest BCUT2D eigenvalue weighted by molar-refractivity contribution is -0.377. The number of nitrogens with zero attached hydrogens (tertiary/aromatic N) is 2. The van der Waals surface area contributed by atoms with Gasteiger partial charge >= 0.3 is 12.1 Å². The van der Waals surface area contributed by atoms with Crippen LogP contribution in [0.5, 0.6) is 11.5 Å². The number of H-pyrrole nitrogens is 1. The van der Waals surface area contributed by atoms with Crippen molar-refractivity contribution in [1.82, 2.24) is 4.90 Å². The molecule has 3 fully saturated rings. The second kappa shape index (κ2) is 15.1. The van der Waals surface area contributed by atoms with Gasteiger partial charge in [-0.15, -0.1) is 11.3 Å². The molecule has 2 aromatic heterocycles. The van der Waals surface area contributed by atoms with Gasteiger partial charge in [0.1, 0.15) is 32.9 Å². The van der Waals surface area contributed by atoms with E-state index in [9.17, 15) is 9.59 Å². The summed E-state index contributed by atoms with van der Waals surface area (Å²) >= 11 is 14.1. The highest BCUT2D eigenvalue weighted by molar-refractivity contribution is 7.14. The van der Waals surface area contributed by atoms with E-state index in [-0.39, 0.29) is 24.8 Å². The SMILES string of the molecule is COc1ccc([C@H](Cc2c(Cl)c[nH+]cc2Cl)OC(=O)c2ccc(CN(C(=O)O[C@@H]3CN4CCC3CC4)c3ccccc3F)s2)cc1OC. The molecule has 3 aliphatic heterocycles. The molecule has 5 heterocycles. The maximum atomic E-state index is 15.0. The first-order valence-electron chi connectivity index (χ1n) is 15.5. The van der Waals surface area contributed by atoms with Crippen LogP contribution in [0.2, 0.25) is 10.0 Å². The lowest BCUT2D eigenvalue weighted by Crippen LogP contribution is -2.53. The molecule has 1 amide bonds. The molecule has 1 N–H and O–H groups in total. The van der Waals surface area contributed by atoms with E-state index in [4.69, 9.17) is 42.1 Å². The minimum Gasteiger partial charge on any atom is -0.493 e. The molecule has 2 bridgehead atoms. The first-order valence-corrected chi connectivity index (χ1v) is 17.1. The molecule has 13 heteroatoms. The van der Waals surface area contributed by atoms with E-state index in [2.05, 4.69) is 9.88 Å². The number of aromatic amines is 1. The Morgan fingerprint density at radius 2 is 1.75 bits per heavy atom. The molecule has 3 saturated heterocycles. The molecule has 0 unspecified atom stereocenters. The number of methoxy groups -OCH3 is 2. The van der Waals surface area contributed by atoms with Gasteiger partial charge in [-0.2, -0.15) is 0 Å². The number of hydrogen-bond donors (Lipinski definition) is 0. The summed E-state index contributed by atoms with van der Waals surface area (Å²) in [6.07, 6.45) is 3.65. The topological polar surface area (TPSA) is 91.7 Å². The van der Waals surface area contributed by atoms with E-state index in [1.54, 1.807) is 60.9 Å². The third-order valence-corrected chi connectivity index (χ3v) is 10.5. The second-order valence-corrected chi connectivity index (χ2v) is 13.7. The predicted molar refractivity (Wildman–Crippen MR) is 181 cm³/mol. The number of thiophene rings is 1. The summed E-state index contributed by atoms with van der Waals surface area (Å²) in [7, 11) is 3.06. The second-order valence-electron chi connectivity index (χ2n) is 11.7. The van der Waals surface area contributed by atoms with Gasteiger partial charge in [0.15, 0.2) is 23.9 Å². The molecule has 0 aliphatic carbocycles. The van der Waals surface area contributed by atoms with Gasteiger partial charge in [-0.1, -0.05) is 41.4 Å². The molecule has 7 rings (SSSR count). The Kier molecular flexibility index (Phi) is 10.7. The van der Waals surface area contributed by atoms with Crippen molar-refractivity contribution >= 4 is 52.3 Å². The zero-order chi connectivity index (χ0) is 33.8. The molecule has 2 atom stereocenters. The van der Waals surface area contributed by atoms with E-state index in [0.29, 0.717) is 54.9 Å². The molecule has 0 saturated carbocycles. The molecular formula is C35H35Cl2FN3O6S+. The maximum absolute atomic E-state index is 15.0. The summed E-state index contributed by atoms with van der Waals surface area (Å²) in [6.45, 7) is 2.68. The average molecular weight is 716 g/mol. The van der Waals surface area contributed by atoms with Crippen molar-refractivity contribution in [3.8, 4) is 11.5 Å². The number of hydrogen-bond acceptors (Lipinski definition) is 8. The lowest BCUT2D eigenvalue weighted by atomic mass is 9.86. The number of anilines is 1. The van der Waals surface area contributed by atoms with Crippen LogP contribution in [0.15, 0.2) is 67.0 Å². The van der Waals surface area contributed by atoms with Crippen LogP contribution in [0.25, 0.3) is 0 Å². The molecule has 0 spiro atoms. The van der Waals surface area contributed by atoms with Crippen LogP contribution in [-0.2, 0) is 22.4 Å². The Labute approximate surface area is 292 Å². The van der Waals surface area contributed by atoms with E-state index in [1.807, 2.05) is 0 Å². The van der Waals surface area contributed by atoms with Gasteiger partial charge < -0.3 is 18.9 Å². The number of halogens is 3. The molecule has 4 aromatic rings. The third kappa shape index (κ3) is 7.54. The monoisotopic (exact) mass is 714 g/mol. The first-order chi connectivity index (χ1) is 23.2. The fourth-order valence-corrected chi connectivity index (χ4v) is 7.62.